The molecule has 0 saturated carbocycles. The molecule has 0 fully saturated rings. The zero-order valence-electron chi connectivity index (χ0n) is 17.8. The first-order chi connectivity index (χ1) is 15.9. The zero-order valence-corrected chi connectivity index (χ0v) is 17.8. The maximum atomic E-state index is 15.1. The third-order valence-corrected chi connectivity index (χ3v) is 5.68. The van der Waals surface area contributed by atoms with Gasteiger partial charge in [0.15, 0.2) is 11.6 Å². The van der Waals surface area contributed by atoms with E-state index >= 15 is 4.39 Å². The fourth-order valence-corrected chi connectivity index (χ4v) is 3.88. The van der Waals surface area contributed by atoms with Crippen molar-refractivity contribution in [3.8, 4) is 16.9 Å². The Labute approximate surface area is 188 Å². The Morgan fingerprint density at radius 2 is 1.52 bits per heavy atom. The lowest BCUT2D eigenvalue weighted by molar-refractivity contribution is -0.0522. The van der Waals surface area contributed by atoms with Crippen molar-refractivity contribution in [1.82, 2.24) is 0 Å². The number of rotatable bonds is 7. The lowest BCUT2D eigenvalue weighted by atomic mass is 9.96. The number of ether oxygens (including phenoxy) is 1. The van der Waals surface area contributed by atoms with Crippen molar-refractivity contribution >= 4 is 10.8 Å². The van der Waals surface area contributed by atoms with Crippen LogP contribution in [0.2, 0.25) is 0 Å². The first-order valence-electron chi connectivity index (χ1n) is 10.6. The van der Waals surface area contributed by atoms with Crippen LogP contribution in [0.15, 0.2) is 66.7 Å². The molecule has 0 N–H and O–H groups in total. The highest BCUT2D eigenvalue weighted by atomic mass is 19.3. The van der Waals surface area contributed by atoms with Gasteiger partial charge in [-0.1, -0.05) is 49.4 Å². The van der Waals surface area contributed by atoms with Crippen molar-refractivity contribution in [2.24, 2.45) is 0 Å². The maximum absolute atomic E-state index is 15.1. The summed E-state index contributed by atoms with van der Waals surface area (Å²) in [5.41, 5.74) is 3.01. The van der Waals surface area contributed by atoms with Gasteiger partial charge in [-0.15, -0.1) is 0 Å². The van der Waals surface area contributed by atoms with E-state index in [2.05, 4.69) is 4.74 Å². The third-order valence-electron chi connectivity index (χ3n) is 5.68. The number of benzene rings is 4. The van der Waals surface area contributed by atoms with Crippen LogP contribution in [-0.4, -0.2) is 6.61 Å². The molecule has 4 aromatic rings. The van der Waals surface area contributed by atoms with Crippen molar-refractivity contribution in [3.05, 3.63) is 101 Å². The molecule has 0 atom stereocenters. The Kier molecular flexibility index (Phi) is 6.63. The summed E-state index contributed by atoms with van der Waals surface area (Å²) < 4.78 is 72.2. The first-order valence-corrected chi connectivity index (χ1v) is 10.6. The van der Waals surface area contributed by atoms with Gasteiger partial charge in [-0.2, -0.15) is 8.78 Å². The summed E-state index contributed by atoms with van der Waals surface area (Å²) >= 11 is 0. The van der Waals surface area contributed by atoms with E-state index in [4.69, 9.17) is 0 Å². The molecular formula is C27H21F5O. The fraction of sp³-hybridized carbons (Fsp3) is 0.185. The molecule has 0 spiro atoms. The second kappa shape index (κ2) is 9.61. The van der Waals surface area contributed by atoms with Crippen LogP contribution in [0, 0.1) is 17.5 Å². The highest BCUT2D eigenvalue weighted by Gasteiger charge is 2.13. The fourth-order valence-electron chi connectivity index (χ4n) is 3.88. The summed E-state index contributed by atoms with van der Waals surface area (Å²) in [7, 11) is 0. The maximum Gasteiger partial charge on any atom is 0.387 e. The molecule has 0 aliphatic carbocycles. The Bertz CT molecular complexity index is 1300. The van der Waals surface area contributed by atoms with Crippen LogP contribution in [-0.2, 0) is 19.3 Å². The van der Waals surface area contributed by atoms with Gasteiger partial charge >= 0.3 is 6.61 Å². The zero-order chi connectivity index (χ0) is 23.5. The summed E-state index contributed by atoms with van der Waals surface area (Å²) in [5, 5.41) is 1.06. The third kappa shape index (κ3) is 5.00. The highest BCUT2D eigenvalue weighted by Crippen LogP contribution is 2.30. The van der Waals surface area contributed by atoms with Gasteiger partial charge in [0.2, 0.25) is 0 Å². The van der Waals surface area contributed by atoms with Gasteiger partial charge in [0, 0.05) is 10.9 Å². The number of aryl methyl sites for hydroxylation is 3. The van der Waals surface area contributed by atoms with Crippen LogP contribution >= 0.6 is 0 Å². The summed E-state index contributed by atoms with van der Waals surface area (Å²) in [6.45, 7) is -1.15. The van der Waals surface area contributed by atoms with Crippen molar-refractivity contribution in [2.45, 2.75) is 32.8 Å². The lowest BCUT2D eigenvalue weighted by Crippen LogP contribution is -2.04. The molecule has 33 heavy (non-hydrogen) atoms. The highest BCUT2D eigenvalue weighted by molar-refractivity contribution is 5.88. The van der Waals surface area contributed by atoms with Crippen LogP contribution in [0.4, 0.5) is 22.0 Å². The topological polar surface area (TPSA) is 9.23 Å². The molecule has 0 aliphatic heterocycles. The van der Waals surface area contributed by atoms with Gasteiger partial charge in [0.25, 0.3) is 0 Å². The minimum absolute atomic E-state index is 0.297. The molecular weight excluding hydrogens is 435 g/mol. The van der Waals surface area contributed by atoms with Gasteiger partial charge in [-0.05, 0) is 71.2 Å². The van der Waals surface area contributed by atoms with Crippen LogP contribution in [0.5, 0.6) is 5.75 Å². The number of alkyl halides is 2. The largest absolute Gasteiger partial charge is 0.432 e. The Morgan fingerprint density at radius 1 is 0.758 bits per heavy atom. The summed E-state index contributed by atoms with van der Waals surface area (Å²) in [4.78, 5) is 0. The quantitative estimate of drug-likeness (QED) is 0.257. The van der Waals surface area contributed by atoms with Crippen molar-refractivity contribution in [1.29, 1.82) is 0 Å². The Hall–Kier alpha value is -3.41. The van der Waals surface area contributed by atoms with Gasteiger partial charge in [0.05, 0.1) is 0 Å². The second-order valence-electron chi connectivity index (χ2n) is 7.79. The van der Waals surface area contributed by atoms with Crippen LogP contribution in [0.1, 0.15) is 23.6 Å². The van der Waals surface area contributed by atoms with Gasteiger partial charge in [-0.25, -0.2) is 13.2 Å². The summed E-state index contributed by atoms with van der Waals surface area (Å²) in [6, 6.07) is 17.4. The average Bonchev–Trinajstić information content (AvgIpc) is 2.79. The molecule has 4 rings (SSSR count). The lowest BCUT2D eigenvalue weighted by Gasteiger charge is -2.11. The predicted octanol–water partition coefficient (Wildman–Crippen LogP) is 7.87. The number of hydrogen-bond donors (Lipinski definition) is 0. The monoisotopic (exact) mass is 456 g/mol. The molecule has 0 saturated heterocycles. The van der Waals surface area contributed by atoms with Crippen molar-refractivity contribution in [2.75, 3.05) is 0 Å². The van der Waals surface area contributed by atoms with E-state index < -0.39 is 18.2 Å². The molecule has 0 aromatic heterocycles. The molecule has 1 nitrogen and oxygen atoms in total. The first kappa shape index (κ1) is 22.8. The van der Waals surface area contributed by atoms with E-state index in [1.54, 1.807) is 36.4 Å². The average molecular weight is 456 g/mol. The van der Waals surface area contributed by atoms with Crippen molar-refractivity contribution < 1.29 is 26.7 Å². The minimum Gasteiger partial charge on any atom is -0.432 e. The van der Waals surface area contributed by atoms with E-state index in [1.165, 1.54) is 12.1 Å². The Morgan fingerprint density at radius 3 is 2.21 bits per heavy atom. The molecule has 0 bridgehead atoms. The Balaban J connectivity index is 1.55. The van der Waals surface area contributed by atoms with Crippen LogP contribution in [0.3, 0.4) is 0 Å². The van der Waals surface area contributed by atoms with E-state index in [0.717, 1.165) is 24.1 Å². The molecule has 170 valence electrons. The van der Waals surface area contributed by atoms with Crippen LogP contribution < -0.4 is 4.74 Å². The van der Waals surface area contributed by atoms with E-state index in [0.29, 0.717) is 45.9 Å². The van der Waals surface area contributed by atoms with Gasteiger partial charge in [-0.3, -0.25) is 0 Å². The molecule has 4 aromatic carbocycles. The smallest absolute Gasteiger partial charge is 0.387 e. The molecule has 0 unspecified atom stereocenters. The summed E-state index contributed by atoms with van der Waals surface area (Å²) in [5.74, 6) is -2.12. The molecule has 0 radical (unpaired) electrons. The van der Waals surface area contributed by atoms with Crippen molar-refractivity contribution in [3.63, 3.8) is 0 Å². The van der Waals surface area contributed by atoms with Crippen LogP contribution in [0.25, 0.3) is 21.9 Å². The summed E-state index contributed by atoms with van der Waals surface area (Å²) in [6.07, 6.45) is 1.36. The molecule has 0 aliphatic rings. The number of fused-ring (bicyclic) bond motifs is 1. The SMILES string of the molecule is CCc1ccc(-c2ccc3c(F)c(CCc4ccc(OC(F)F)c(F)c4)ccc3c2)c(F)c1. The standard InChI is InChI=1S/C27H21F5O/c1-2-16-4-10-21(23(28)13-16)19-9-11-22-20(15-19)8-7-18(26(22)30)6-3-17-5-12-25(24(29)14-17)33-27(31)32/h4-5,7-15,27H,2-3,6H2,1H3. The normalized spacial score (nSPS) is 11.4. The van der Waals surface area contributed by atoms with E-state index in [-0.39, 0.29) is 11.6 Å². The predicted molar refractivity (Wildman–Crippen MR) is 119 cm³/mol. The minimum atomic E-state index is -3.11. The molecule has 0 heterocycles. The van der Waals surface area contributed by atoms with Gasteiger partial charge in [0.1, 0.15) is 11.6 Å². The molecule has 6 heteroatoms. The van der Waals surface area contributed by atoms with E-state index in [1.807, 2.05) is 13.0 Å². The number of hydrogen-bond acceptors (Lipinski definition) is 1. The van der Waals surface area contributed by atoms with E-state index in [9.17, 15) is 17.6 Å². The number of halogens is 5. The molecule has 0 amide bonds. The second-order valence-corrected chi connectivity index (χ2v) is 7.79. The van der Waals surface area contributed by atoms with Gasteiger partial charge < -0.3 is 4.74 Å².